The Hall–Kier alpha value is -1.07. The van der Waals surface area contributed by atoms with E-state index in [4.69, 9.17) is 0 Å². The predicted octanol–water partition coefficient (Wildman–Crippen LogP) is 6.57. The van der Waals surface area contributed by atoms with E-state index in [9.17, 15) is 4.39 Å². The summed E-state index contributed by atoms with van der Waals surface area (Å²) in [6.45, 7) is 13.6. The van der Waals surface area contributed by atoms with Gasteiger partial charge in [0.15, 0.2) is 6.17 Å². The SMILES string of the molecule is CC(C)[Si](C#CC(F)CCCc1ccccc1)(C(C)C)C(C)C. The van der Waals surface area contributed by atoms with Gasteiger partial charge >= 0.3 is 0 Å². The molecule has 0 saturated heterocycles. The molecule has 0 fully saturated rings. The lowest BCUT2D eigenvalue weighted by Crippen LogP contribution is -2.43. The first-order valence-electron chi connectivity index (χ1n) is 9.01. The molecule has 0 aliphatic heterocycles. The summed E-state index contributed by atoms with van der Waals surface area (Å²) in [4.78, 5) is 0. The number of hydrogen-bond donors (Lipinski definition) is 0. The van der Waals surface area contributed by atoms with Gasteiger partial charge in [0, 0.05) is 0 Å². The van der Waals surface area contributed by atoms with Gasteiger partial charge in [-0.3, -0.25) is 0 Å². The molecule has 2 heteroatoms. The second-order valence-corrected chi connectivity index (χ2v) is 13.1. The zero-order valence-electron chi connectivity index (χ0n) is 15.7. The summed E-state index contributed by atoms with van der Waals surface area (Å²) in [6.07, 6.45) is 1.35. The minimum absolute atomic E-state index is 0.542. The van der Waals surface area contributed by atoms with Crippen molar-refractivity contribution < 1.29 is 4.39 Å². The molecule has 128 valence electrons. The highest BCUT2D eigenvalue weighted by molar-refractivity contribution is 6.90. The van der Waals surface area contributed by atoms with Crippen LogP contribution in [0.25, 0.3) is 0 Å². The molecule has 0 spiro atoms. The van der Waals surface area contributed by atoms with Crippen LogP contribution in [0.2, 0.25) is 16.6 Å². The van der Waals surface area contributed by atoms with Gasteiger partial charge < -0.3 is 0 Å². The molecule has 0 aliphatic rings. The first-order chi connectivity index (χ1) is 10.8. The van der Waals surface area contributed by atoms with Crippen molar-refractivity contribution in [3.8, 4) is 11.5 Å². The number of benzene rings is 1. The highest BCUT2D eigenvalue weighted by Gasteiger charge is 2.41. The van der Waals surface area contributed by atoms with Gasteiger partial charge in [0.25, 0.3) is 0 Å². The Morgan fingerprint density at radius 3 is 1.91 bits per heavy atom. The lowest BCUT2D eigenvalue weighted by molar-refractivity contribution is 0.382. The van der Waals surface area contributed by atoms with E-state index >= 15 is 0 Å². The van der Waals surface area contributed by atoms with E-state index in [0.717, 1.165) is 12.8 Å². The summed E-state index contributed by atoms with van der Waals surface area (Å²) in [6, 6.07) is 10.3. The fourth-order valence-corrected chi connectivity index (χ4v) is 9.11. The van der Waals surface area contributed by atoms with E-state index in [2.05, 4.69) is 65.1 Å². The quantitative estimate of drug-likeness (QED) is 0.391. The normalized spacial score (nSPS) is 13.3. The highest BCUT2D eigenvalue weighted by atomic mass is 28.3. The van der Waals surface area contributed by atoms with Gasteiger partial charge in [-0.15, -0.1) is 5.54 Å². The standard InChI is InChI=1S/C21H33FSi/c1-17(2)23(18(3)4,19(5)6)16-15-21(22)14-10-13-20-11-8-7-9-12-20/h7-9,11-12,17-19,21H,10,13-14H2,1-6H3. The molecule has 0 heterocycles. The largest absolute Gasteiger partial charge is 0.233 e. The van der Waals surface area contributed by atoms with E-state index < -0.39 is 14.2 Å². The molecule has 0 N–H and O–H groups in total. The molecule has 0 amide bonds. The Labute approximate surface area is 143 Å². The molecule has 1 atom stereocenters. The average Bonchev–Trinajstić information content (AvgIpc) is 2.47. The Bertz CT molecular complexity index is 486. The first-order valence-corrected chi connectivity index (χ1v) is 11.2. The summed E-state index contributed by atoms with van der Waals surface area (Å²) in [5.41, 5.74) is 6.46. The van der Waals surface area contributed by atoms with Crippen LogP contribution in [0.4, 0.5) is 4.39 Å². The van der Waals surface area contributed by atoms with Crippen LogP contribution in [0.1, 0.15) is 59.9 Å². The Kier molecular flexibility index (Phi) is 8.06. The fourth-order valence-electron chi connectivity index (χ4n) is 3.84. The maximum absolute atomic E-state index is 14.3. The number of hydrogen-bond acceptors (Lipinski definition) is 0. The molecular weight excluding hydrogens is 299 g/mol. The number of rotatable bonds is 7. The molecule has 0 bridgehead atoms. The van der Waals surface area contributed by atoms with Gasteiger partial charge in [-0.1, -0.05) is 77.8 Å². The lowest BCUT2D eigenvalue weighted by Gasteiger charge is -2.38. The summed E-state index contributed by atoms with van der Waals surface area (Å²) >= 11 is 0. The maximum atomic E-state index is 14.3. The van der Waals surface area contributed by atoms with Gasteiger partial charge in [0.05, 0.1) is 0 Å². The van der Waals surface area contributed by atoms with Crippen LogP contribution in [0.15, 0.2) is 30.3 Å². The van der Waals surface area contributed by atoms with Crippen LogP contribution in [0.5, 0.6) is 0 Å². The third-order valence-corrected chi connectivity index (χ3v) is 11.4. The van der Waals surface area contributed by atoms with Crippen molar-refractivity contribution in [2.75, 3.05) is 0 Å². The molecule has 1 aromatic carbocycles. The number of alkyl halides is 1. The third-order valence-electron chi connectivity index (χ3n) is 5.08. The van der Waals surface area contributed by atoms with E-state index in [1.165, 1.54) is 5.56 Å². The second kappa shape index (κ2) is 9.28. The van der Waals surface area contributed by atoms with Crippen molar-refractivity contribution in [2.24, 2.45) is 0 Å². The molecule has 0 saturated carbocycles. The Morgan fingerprint density at radius 1 is 0.913 bits per heavy atom. The van der Waals surface area contributed by atoms with Gasteiger partial charge in [-0.25, -0.2) is 4.39 Å². The van der Waals surface area contributed by atoms with Gasteiger partial charge in [0.2, 0.25) is 0 Å². The molecule has 0 nitrogen and oxygen atoms in total. The predicted molar refractivity (Wildman–Crippen MR) is 103 cm³/mol. The molecule has 1 aromatic rings. The van der Waals surface area contributed by atoms with Crippen molar-refractivity contribution in [1.29, 1.82) is 0 Å². The minimum atomic E-state index is -1.79. The van der Waals surface area contributed by atoms with Crippen LogP contribution in [0.3, 0.4) is 0 Å². The highest BCUT2D eigenvalue weighted by Crippen LogP contribution is 2.40. The maximum Gasteiger partial charge on any atom is 0.160 e. The van der Waals surface area contributed by atoms with Crippen LogP contribution >= 0.6 is 0 Å². The van der Waals surface area contributed by atoms with E-state index in [1.54, 1.807) is 0 Å². The topological polar surface area (TPSA) is 0 Å². The summed E-state index contributed by atoms with van der Waals surface area (Å²) in [5, 5.41) is 0. The van der Waals surface area contributed by atoms with Gasteiger partial charge in [0.1, 0.15) is 8.07 Å². The van der Waals surface area contributed by atoms with Crippen molar-refractivity contribution in [3.63, 3.8) is 0 Å². The zero-order valence-corrected chi connectivity index (χ0v) is 16.7. The van der Waals surface area contributed by atoms with Crippen LogP contribution in [0, 0.1) is 11.5 Å². The second-order valence-electron chi connectivity index (χ2n) is 7.51. The molecule has 0 radical (unpaired) electrons. The Morgan fingerprint density at radius 2 is 1.43 bits per heavy atom. The van der Waals surface area contributed by atoms with Gasteiger partial charge in [-0.05, 0) is 41.4 Å². The fraction of sp³-hybridized carbons (Fsp3) is 0.619. The van der Waals surface area contributed by atoms with Crippen molar-refractivity contribution in [1.82, 2.24) is 0 Å². The van der Waals surface area contributed by atoms with Gasteiger partial charge in [-0.2, -0.15) is 0 Å². The molecular formula is C21H33FSi. The smallest absolute Gasteiger partial charge is 0.160 e. The van der Waals surface area contributed by atoms with Crippen molar-refractivity contribution in [3.05, 3.63) is 35.9 Å². The monoisotopic (exact) mass is 332 g/mol. The lowest BCUT2D eigenvalue weighted by atomic mass is 10.1. The zero-order chi connectivity index (χ0) is 17.5. The van der Waals surface area contributed by atoms with Crippen molar-refractivity contribution >= 4 is 8.07 Å². The van der Waals surface area contributed by atoms with Crippen LogP contribution in [-0.2, 0) is 6.42 Å². The third kappa shape index (κ3) is 5.50. The number of aryl methyl sites for hydroxylation is 1. The molecule has 0 aliphatic carbocycles. The number of halogens is 1. The van der Waals surface area contributed by atoms with E-state index in [0.29, 0.717) is 23.0 Å². The molecule has 1 unspecified atom stereocenters. The van der Waals surface area contributed by atoms with E-state index in [1.807, 2.05) is 18.2 Å². The molecule has 1 rings (SSSR count). The molecule has 23 heavy (non-hydrogen) atoms. The summed E-state index contributed by atoms with van der Waals surface area (Å²) in [7, 11) is -1.79. The van der Waals surface area contributed by atoms with E-state index in [-0.39, 0.29) is 0 Å². The Balaban J connectivity index is 2.67. The first kappa shape index (κ1) is 20.0. The van der Waals surface area contributed by atoms with Crippen LogP contribution in [-0.4, -0.2) is 14.2 Å². The molecule has 0 aromatic heterocycles. The summed E-state index contributed by atoms with van der Waals surface area (Å²) < 4.78 is 14.3. The van der Waals surface area contributed by atoms with Crippen molar-refractivity contribution in [2.45, 2.75) is 83.6 Å². The summed E-state index contributed by atoms with van der Waals surface area (Å²) in [5.74, 6) is 3.00. The van der Waals surface area contributed by atoms with Crippen LogP contribution < -0.4 is 0 Å². The minimum Gasteiger partial charge on any atom is -0.233 e. The average molecular weight is 333 g/mol.